The number of likely N-dealkylation sites (N-methyl/N-ethyl adjacent to an activating group) is 1. The molecule has 1 saturated heterocycles. The third-order valence-electron chi connectivity index (χ3n) is 3.10. The van der Waals surface area contributed by atoms with Gasteiger partial charge in [0.25, 0.3) is 5.91 Å². The lowest BCUT2D eigenvalue weighted by molar-refractivity contribution is -0.139. The molecule has 8 heteroatoms. The van der Waals surface area contributed by atoms with Crippen LogP contribution < -0.4 is 4.74 Å². The summed E-state index contributed by atoms with van der Waals surface area (Å²) in [6.07, 6.45) is 1.74. The highest BCUT2D eigenvalue weighted by atomic mass is 35.5. The molecule has 1 N–H and O–H groups in total. The summed E-state index contributed by atoms with van der Waals surface area (Å²) in [4.78, 5) is 29.4. The van der Waals surface area contributed by atoms with Crippen LogP contribution in [0.2, 0.25) is 5.02 Å². The number of carboxylic acid groups (broad SMARTS) is 1. The average Bonchev–Trinajstić information content (AvgIpc) is 2.82. The van der Waals surface area contributed by atoms with Gasteiger partial charge in [-0.1, -0.05) is 17.7 Å². The molecule has 0 aliphatic carbocycles. The number of hydrogen-bond acceptors (Lipinski definition) is 5. The van der Waals surface area contributed by atoms with Gasteiger partial charge in [0.05, 0.1) is 9.93 Å². The van der Waals surface area contributed by atoms with E-state index in [4.69, 9.17) is 21.4 Å². The van der Waals surface area contributed by atoms with Crippen LogP contribution in [0.15, 0.2) is 28.1 Å². The van der Waals surface area contributed by atoms with Gasteiger partial charge in [-0.15, -0.1) is 0 Å². The zero-order valence-corrected chi connectivity index (χ0v) is 14.9. The number of aliphatic imine (C=N–C) groups is 1. The van der Waals surface area contributed by atoms with Crippen LogP contribution in [0.5, 0.6) is 5.75 Å². The molecule has 24 heavy (non-hydrogen) atoms. The highest BCUT2D eigenvalue weighted by molar-refractivity contribution is 8.18. The highest BCUT2D eigenvalue weighted by Crippen LogP contribution is 2.33. The number of thioether (sulfide) groups is 1. The Labute approximate surface area is 149 Å². The van der Waals surface area contributed by atoms with Crippen molar-refractivity contribution in [3.8, 4) is 5.75 Å². The van der Waals surface area contributed by atoms with Crippen molar-refractivity contribution in [2.24, 2.45) is 4.99 Å². The number of carboxylic acids is 1. The number of rotatable bonds is 6. The van der Waals surface area contributed by atoms with Gasteiger partial charge >= 0.3 is 5.97 Å². The molecule has 1 fully saturated rings. The fraction of sp³-hybridized carbons (Fsp3) is 0.312. The number of ether oxygens (including phenoxy) is 1. The monoisotopic (exact) mass is 368 g/mol. The van der Waals surface area contributed by atoms with E-state index in [1.807, 2.05) is 13.8 Å². The number of aliphatic carboxylic acids is 1. The third kappa shape index (κ3) is 4.30. The summed E-state index contributed by atoms with van der Waals surface area (Å²) in [5, 5.41) is 9.61. The predicted octanol–water partition coefficient (Wildman–Crippen LogP) is 3.12. The second-order valence-electron chi connectivity index (χ2n) is 4.79. The minimum Gasteiger partial charge on any atom is -0.480 e. The molecular weight excluding hydrogens is 352 g/mol. The molecule has 0 saturated carbocycles. The van der Waals surface area contributed by atoms with E-state index in [-0.39, 0.29) is 16.7 Å². The van der Waals surface area contributed by atoms with Crippen molar-refractivity contribution in [2.45, 2.75) is 13.8 Å². The van der Waals surface area contributed by atoms with Crippen LogP contribution >= 0.6 is 23.4 Å². The van der Waals surface area contributed by atoms with Crippen molar-refractivity contribution in [1.29, 1.82) is 0 Å². The van der Waals surface area contributed by atoms with Gasteiger partial charge in [-0.05, 0) is 49.4 Å². The summed E-state index contributed by atoms with van der Waals surface area (Å²) in [5.41, 5.74) is 0.729. The van der Waals surface area contributed by atoms with Crippen molar-refractivity contribution >= 4 is 46.5 Å². The summed E-state index contributed by atoms with van der Waals surface area (Å²) in [6.45, 7) is 4.53. The highest BCUT2D eigenvalue weighted by Gasteiger charge is 2.31. The van der Waals surface area contributed by atoms with E-state index < -0.39 is 12.6 Å². The number of halogens is 1. The quantitative estimate of drug-likeness (QED) is 0.780. The Morgan fingerprint density at radius 2 is 2.21 bits per heavy atom. The number of amides is 1. The molecule has 1 heterocycles. The van der Waals surface area contributed by atoms with Crippen molar-refractivity contribution in [3.05, 3.63) is 33.7 Å². The Morgan fingerprint density at radius 1 is 1.46 bits per heavy atom. The van der Waals surface area contributed by atoms with Gasteiger partial charge in [-0.3, -0.25) is 14.7 Å². The molecule has 1 aromatic rings. The van der Waals surface area contributed by atoms with Crippen LogP contribution in [0.1, 0.15) is 19.4 Å². The van der Waals surface area contributed by atoms with Crippen LogP contribution in [0.4, 0.5) is 0 Å². The zero-order chi connectivity index (χ0) is 17.7. The topological polar surface area (TPSA) is 79.2 Å². The van der Waals surface area contributed by atoms with E-state index >= 15 is 0 Å². The third-order valence-corrected chi connectivity index (χ3v) is 4.44. The maximum absolute atomic E-state index is 12.4. The molecule has 0 radical (unpaired) electrons. The van der Waals surface area contributed by atoms with Crippen molar-refractivity contribution in [3.63, 3.8) is 0 Å². The first-order valence-corrected chi connectivity index (χ1v) is 8.55. The predicted molar refractivity (Wildman–Crippen MR) is 95.5 cm³/mol. The first kappa shape index (κ1) is 18.4. The van der Waals surface area contributed by atoms with Crippen LogP contribution in [0.3, 0.4) is 0 Å². The van der Waals surface area contributed by atoms with Gasteiger partial charge in [-0.25, -0.2) is 4.79 Å². The number of amidine groups is 1. The van der Waals surface area contributed by atoms with E-state index in [9.17, 15) is 9.59 Å². The molecule has 1 aliphatic heterocycles. The summed E-state index contributed by atoms with van der Waals surface area (Å²) < 4.78 is 5.08. The van der Waals surface area contributed by atoms with Crippen molar-refractivity contribution in [1.82, 2.24) is 4.90 Å². The second-order valence-corrected chi connectivity index (χ2v) is 6.21. The van der Waals surface area contributed by atoms with Crippen molar-refractivity contribution < 1.29 is 19.4 Å². The van der Waals surface area contributed by atoms with Crippen LogP contribution in [-0.4, -0.2) is 46.7 Å². The standard InChI is InChI=1S/C16H17ClN2O4S/c1-3-18-16-19(4-2)15(22)13(24-16)8-10-5-6-12(11(17)7-10)23-9-14(20)21/h5-8H,3-4,9H2,1-2H3,(H,20,21)/b13-8+,18-16?. The van der Waals surface area contributed by atoms with E-state index in [0.717, 1.165) is 5.56 Å². The first-order chi connectivity index (χ1) is 11.5. The molecule has 1 amide bonds. The smallest absolute Gasteiger partial charge is 0.341 e. The first-order valence-electron chi connectivity index (χ1n) is 7.36. The fourth-order valence-corrected chi connectivity index (χ4v) is 3.40. The Morgan fingerprint density at radius 3 is 2.79 bits per heavy atom. The average molecular weight is 369 g/mol. The number of carbonyl (C=O) groups excluding carboxylic acids is 1. The molecular formula is C16H17ClN2O4S. The number of carbonyl (C=O) groups is 2. The lowest BCUT2D eigenvalue weighted by Gasteiger charge is -2.11. The van der Waals surface area contributed by atoms with Gasteiger partial charge in [0.2, 0.25) is 0 Å². The number of nitrogens with zero attached hydrogens (tertiary/aromatic N) is 2. The molecule has 0 bridgehead atoms. The number of hydrogen-bond donors (Lipinski definition) is 1. The summed E-state index contributed by atoms with van der Waals surface area (Å²) in [7, 11) is 0. The van der Waals surface area contributed by atoms with Gasteiger partial charge in [0, 0.05) is 13.1 Å². The normalized spacial score (nSPS) is 17.8. The number of benzene rings is 1. The van der Waals surface area contributed by atoms with Crippen LogP contribution in [0, 0.1) is 0 Å². The lowest BCUT2D eigenvalue weighted by atomic mass is 10.2. The zero-order valence-electron chi connectivity index (χ0n) is 13.3. The molecule has 0 unspecified atom stereocenters. The van der Waals surface area contributed by atoms with Crippen molar-refractivity contribution in [2.75, 3.05) is 19.7 Å². The molecule has 0 atom stereocenters. The van der Waals surface area contributed by atoms with Crippen LogP contribution in [-0.2, 0) is 9.59 Å². The Kier molecular flexibility index (Phi) is 6.28. The summed E-state index contributed by atoms with van der Waals surface area (Å²) >= 11 is 7.43. The van der Waals surface area contributed by atoms with Crippen LogP contribution in [0.25, 0.3) is 6.08 Å². The Balaban J connectivity index is 2.22. The van der Waals surface area contributed by atoms with Gasteiger partial charge in [-0.2, -0.15) is 0 Å². The molecule has 1 aromatic carbocycles. The summed E-state index contributed by atoms with van der Waals surface area (Å²) in [5.74, 6) is -0.875. The van der Waals surface area contributed by atoms with E-state index in [1.165, 1.54) is 11.8 Å². The largest absolute Gasteiger partial charge is 0.480 e. The molecule has 1 aliphatic rings. The molecule has 0 aromatic heterocycles. The fourth-order valence-electron chi connectivity index (χ4n) is 2.05. The molecule has 2 rings (SSSR count). The Hall–Kier alpha value is -1.99. The molecule has 0 spiro atoms. The molecule has 128 valence electrons. The van der Waals surface area contributed by atoms with Gasteiger partial charge < -0.3 is 9.84 Å². The minimum atomic E-state index is -1.08. The summed E-state index contributed by atoms with van der Waals surface area (Å²) in [6, 6.07) is 4.93. The maximum atomic E-state index is 12.4. The SMILES string of the molecule is CCN=C1S/C(=C/c2ccc(OCC(=O)O)c(Cl)c2)C(=O)N1CC. The van der Waals surface area contributed by atoms with Gasteiger partial charge in [0.1, 0.15) is 5.75 Å². The van der Waals surface area contributed by atoms with Gasteiger partial charge in [0.15, 0.2) is 11.8 Å². The minimum absolute atomic E-state index is 0.0861. The lowest BCUT2D eigenvalue weighted by Crippen LogP contribution is -2.28. The van der Waals surface area contributed by atoms with E-state index in [1.54, 1.807) is 29.2 Å². The second kappa shape index (κ2) is 8.21. The van der Waals surface area contributed by atoms with E-state index in [2.05, 4.69) is 4.99 Å². The van der Waals surface area contributed by atoms with E-state index in [0.29, 0.717) is 23.2 Å². The Bertz CT molecular complexity index is 718. The maximum Gasteiger partial charge on any atom is 0.341 e. The molecule has 6 nitrogen and oxygen atoms in total.